The van der Waals surface area contributed by atoms with Gasteiger partial charge in [-0.2, -0.15) is 4.98 Å². The predicted octanol–water partition coefficient (Wildman–Crippen LogP) is 2.57. The fourth-order valence-electron chi connectivity index (χ4n) is 2.08. The van der Waals surface area contributed by atoms with E-state index in [0.29, 0.717) is 17.6 Å². The molecule has 1 aliphatic heterocycles. The van der Waals surface area contributed by atoms with Gasteiger partial charge in [-0.15, -0.1) is 0 Å². The van der Waals surface area contributed by atoms with E-state index in [9.17, 15) is 0 Å². The number of hydrogen-bond acceptors (Lipinski definition) is 5. The van der Waals surface area contributed by atoms with Gasteiger partial charge in [-0.3, -0.25) is 0 Å². The molecule has 2 unspecified atom stereocenters. The van der Waals surface area contributed by atoms with Crippen LogP contribution in [-0.4, -0.2) is 41.8 Å². The van der Waals surface area contributed by atoms with Crippen LogP contribution in [-0.2, 0) is 4.74 Å². The van der Waals surface area contributed by atoms with E-state index in [4.69, 9.17) is 16.3 Å². The fraction of sp³-hybridized carbons (Fsp3) is 0.692. The van der Waals surface area contributed by atoms with Crippen molar-refractivity contribution in [2.75, 3.05) is 29.9 Å². The average molecular weight is 285 g/mol. The van der Waals surface area contributed by atoms with E-state index >= 15 is 0 Å². The second kappa shape index (κ2) is 6.39. The van der Waals surface area contributed by atoms with Crippen molar-refractivity contribution >= 4 is 23.4 Å². The van der Waals surface area contributed by atoms with Crippen molar-refractivity contribution in [3.05, 3.63) is 11.2 Å². The van der Waals surface area contributed by atoms with E-state index in [1.807, 2.05) is 0 Å². The van der Waals surface area contributed by atoms with Crippen LogP contribution in [0.5, 0.6) is 0 Å². The lowest BCUT2D eigenvalue weighted by Gasteiger charge is -2.38. The highest BCUT2D eigenvalue weighted by Gasteiger charge is 2.26. The first-order chi connectivity index (χ1) is 9.11. The highest BCUT2D eigenvalue weighted by atomic mass is 35.5. The van der Waals surface area contributed by atoms with Crippen molar-refractivity contribution in [3.63, 3.8) is 0 Å². The van der Waals surface area contributed by atoms with Crippen molar-refractivity contribution in [2.24, 2.45) is 0 Å². The van der Waals surface area contributed by atoms with Gasteiger partial charge >= 0.3 is 0 Å². The molecule has 0 saturated carbocycles. The molecule has 19 heavy (non-hydrogen) atoms. The highest BCUT2D eigenvalue weighted by Crippen LogP contribution is 2.27. The molecule has 0 aromatic carbocycles. The molecule has 1 aliphatic rings. The van der Waals surface area contributed by atoms with E-state index in [2.05, 4.69) is 41.0 Å². The summed E-state index contributed by atoms with van der Waals surface area (Å²) in [6, 6.07) is 0.266. The van der Waals surface area contributed by atoms with Crippen molar-refractivity contribution in [2.45, 2.75) is 39.3 Å². The summed E-state index contributed by atoms with van der Waals surface area (Å²) in [5.74, 6) is 1.42. The van der Waals surface area contributed by atoms with Gasteiger partial charge in [0.15, 0.2) is 5.82 Å². The molecule has 0 spiro atoms. The lowest BCUT2D eigenvalue weighted by atomic mass is 10.2. The first-order valence-corrected chi connectivity index (χ1v) is 7.14. The molecule has 0 aliphatic carbocycles. The summed E-state index contributed by atoms with van der Waals surface area (Å²) in [6.07, 6.45) is 2.88. The number of rotatable bonds is 4. The van der Waals surface area contributed by atoms with Crippen LogP contribution in [0.15, 0.2) is 6.20 Å². The number of morpholine rings is 1. The molecule has 0 amide bonds. The van der Waals surface area contributed by atoms with Gasteiger partial charge in [-0.1, -0.05) is 18.5 Å². The molecule has 1 fully saturated rings. The van der Waals surface area contributed by atoms with Gasteiger partial charge < -0.3 is 15.0 Å². The van der Waals surface area contributed by atoms with E-state index in [1.54, 1.807) is 6.20 Å². The van der Waals surface area contributed by atoms with Gasteiger partial charge in [0, 0.05) is 13.1 Å². The van der Waals surface area contributed by atoms with Gasteiger partial charge in [-0.25, -0.2) is 4.98 Å². The number of hydrogen-bond donors (Lipinski definition) is 1. The maximum atomic E-state index is 6.24. The number of nitrogens with one attached hydrogen (secondary N) is 1. The molecular formula is C13H21ClN4O. The van der Waals surface area contributed by atoms with Crippen LogP contribution in [0, 0.1) is 0 Å². The van der Waals surface area contributed by atoms with Crippen LogP contribution in [0.4, 0.5) is 11.8 Å². The number of aromatic nitrogens is 2. The summed E-state index contributed by atoms with van der Waals surface area (Å²) in [6.45, 7) is 8.63. The highest BCUT2D eigenvalue weighted by molar-refractivity contribution is 6.32. The lowest BCUT2D eigenvalue weighted by Crippen LogP contribution is -2.48. The zero-order chi connectivity index (χ0) is 13.8. The maximum Gasteiger partial charge on any atom is 0.224 e. The Kier molecular flexibility index (Phi) is 4.82. The van der Waals surface area contributed by atoms with Crippen molar-refractivity contribution in [1.29, 1.82) is 0 Å². The maximum absolute atomic E-state index is 6.24. The van der Waals surface area contributed by atoms with Crippen LogP contribution in [0.25, 0.3) is 0 Å². The molecule has 106 valence electrons. The van der Waals surface area contributed by atoms with Gasteiger partial charge in [-0.05, 0) is 20.3 Å². The summed E-state index contributed by atoms with van der Waals surface area (Å²) >= 11 is 6.24. The Hall–Kier alpha value is -1.07. The number of halogens is 1. The largest absolute Gasteiger partial charge is 0.375 e. The standard InChI is InChI=1S/C13H21ClN4O/c1-4-5-15-13-16-6-11(14)12(17-13)18-7-10(3)19-8-9(18)2/h6,9-10H,4-5,7-8H2,1-3H3,(H,15,16,17). The molecular weight excluding hydrogens is 264 g/mol. The SMILES string of the molecule is CCCNc1ncc(Cl)c(N2CC(C)OCC2C)n1. The number of nitrogens with zero attached hydrogens (tertiary/aromatic N) is 3. The normalized spacial score (nSPS) is 23.5. The zero-order valence-electron chi connectivity index (χ0n) is 11.7. The van der Waals surface area contributed by atoms with E-state index in [-0.39, 0.29) is 12.1 Å². The second-order valence-electron chi connectivity index (χ2n) is 4.94. The van der Waals surface area contributed by atoms with Gasteiger partial charge in [0.2, 0.25) is 5.95 Å². The Bertz CT molecular complexity index is 429. The van der Waals surface area contributed by atoms with Crippen molar-refractivity contribution in [3.8, 4) is 0 Å². The van der Waals surface area contributed by atoms with Crippen LogP contribution in [0.2, 0.25) is 5.02 Å². The minimum atomic E-state index is 0.189. The van der Waals surface area contributed by atoms with Crippen LogP contribution in [0.1, 0.15) is 27.2 Å². The smallest absolute Gasteiger partial charge is 0.224 e. The van der Waals surface area contributed by atoms with Crippen molar-refractivity contribution in [1.82, 2.24) is 9.97 Å². The Morgan fingerprint density at radius 1 is 1.53 bits per heavy atom. The van der Waals surface area contributed by atoms with Gasteiger partial charge in [0.1, 0.15) is 5.02 Å². The molecule has 1 aromatic rings. The molecule has 0 bridgehead atoms. The summed E-state index contributed by atoms with van der Waals surface area (Å²) in [4.78, 5) is 10.9. The number of ether oxygens (including phenoxy) is 1. The molecule has 1 N–H and O–H groups in total. The summed E-state index contributed by atoms with van der Waals surface area (Å²) in [5, 5.41) is 3.77. The first-order valence-electron chi connectivity index (χ1n) is 6.76. The molecule has 1 aromatic heterocycles. The Morgan fingerprint density at radius 2 is 2.32 bits per heavy atom. The van der Waals surface area contributed by atoms with E-state index < -0.39 is 0 Å². The van der Waals surface area contributed by atoms with Crippen LogP contribution in [0.3, 0.4) is 0 Å². The Balaban J connectivity index is 2.21. The monoisotopic (exact) mass is 284 g/mol. The van der Waals surface area contributed by atoms with Crippen molar-refractivity contribution < 1.29 is 4.74 Å². The summed E-state index contributed by atoms with van der Waals surface area (Å²) in [5.41, 5.74) is 0. The third-order valence-electron chi connectivity index (χ3n) is 3.14. The lowest BCUT2D eigenvalue weighted by molar-refractivity contribution is 0.0340. The number of anilines is 2. The summed E-state index contributed by atoms with van der Waals surface area (Å²) in [7, 11) is 0. The third-order valence-corrected chi connectivity index (χ3v) is 3.41. The first kappa shape index (κ1) is 14.3. The molecule has 2 rings (SSSR count). The molecule has 5 nitrogen and oxygen atoms in total. The van der Waals surface area contributed by atoms with E-state index in [0.717, 1.165) is 25.3 Å². The van der Waals surface area contributed by atoms with E-state index in [1.165, 1.54) is 0 Å². The Morgan fingerprint density at radius 3 is 3.05 bits per heavy atom. The molecule has 2 atom stereocenters. The van der Waals surface area contributed by atoms with Crippen LogP contribution >= 0.6 is 11.6 Å². The molecule has 2 heterocycles. The second-order valence-corrected chi connectivity index (χ2v) is 5.34. The molecule has 0 radical (unpaired) electrons. The minimum Gasteiger partial charge on any atom is -0.375 e. The average Bonchev–Trinajstić information content (AvgIpc) is 2.41. The molecule has 6 heteroatoms. The predicted molar refractivity (Wildman–Crippen MR) is 78.0 cm³/mol. The topological polar surface area (TPSA) is 50.3 Å². The Labute approximate surface area is 119 Å². The van der Waals surface area contributed by atoms with Gasteiger partial charge in [0.25, 0.3) is 0 Å². The fourth-order valence-corrected chi connectivity index (χ4v) is 2.28. The third kappa shape index (κ3) is 3.48. The minimum absolute atomic E-state index is 0.189. The zero-order valence-corrected chi connectivity index (χ0v) is 12.4. The quantitative estimate of drug-likeness (QED) is 0.921. The van der Waals surface area contributed by atoms with Crippen LogP contribution < -0.4 is 10.2 Å². The van der Waals surface area contributed by atoms with Gasteiger partial charge in [0.05, 0.1) is 24.9 Å². The summed E-state index contributed by atoms with van der Waals surface area (Å²) < 4.78 is 5.63. The molecule has 1 saturated heterocycles.